The van der Waals surface area contributed by atoms with Crippen LogP contribution in [0.3, 0.4) is 0 Å². The van der Waals surface area contributed by atoms with E-state index >= 15 is 0 Å². The van der Waals surface area contributed by atoms with Crippen molar-refractivity contribution >= 4 is 22.6 Å². The lowest BCUT2D eigenvalue weighted by Gasteiger charge is -2.30. The van der Waals surface area contributed by atoms with Crippen LogP contribution in [0.15, 0.2) is 60.3 Å². The third kappa shape index (κ3) is 4.80. The average molecular weight is 507 g/mol. The maximum Gasteiger partial charge on any atom is 0.132 e. The lowest BCUT2D eigenvalue weighted by molar-refractivity contribution is -0.122. The Bertz CT molecular complexity index is 1500. The van der Waals surface area contributed by atoms with Crippen LogP contribution < -0.4 is 5.32 Å². The molecule has 0 bridgehead atoms. The lowest BCUT2D eigenvalue weighted by Crippen LogP contribution is -2.27. The number of ketones is 1. The zero-order valence-electron chi connectivity index (χ0n) is 23.4. The molecule has 0 spiro atoms. The van der Waals surface area contributed by atoms with Crippen LogP contribution in [0.2, 0.25) is 0 Å². The number of fused-ring (bicyclic) bond motifs is 1. The highest BCUT2D eigenvalue weighted by Gasteiger charge is 2.45. The number of carbonyl (C=O) groups is 1. The monoisotopic (exact) mass is 506 g/mol. The summed E-state index contributed by atoms with van der Waals surface area (Å²) in [5.74, 6) is 1.39. The summed E-state index contributed by atoms with van der Waals surface area (Å²) in [4.78, 5) is 12.2. The number of Topliss-reactive ketones (excluding diaryl/α,β-unsaturated/α-hetero) is 1. The van der Waals surface area contributed by atoms with Gasteiger partial charge < -0.3 is 5.32 Å². The minimum absolute atomic E-state index is 0.116. The van der Waals surface area contributed by atoms with Crippen LogP contribution in [0.5, 0.6) is 0 Å². The number of allylic oxidation sites excluding steroid dienone is 4. The second-order valence-corrected chi connectivity index (χ2v) is 12.2. The number of rotatable bonds is 7. The molecule has 2 aromatic heterocycles. The predicted octanol–water partition coefficient (Wildman–Crippen LogP) is 7.68. The van der Waals surface area contributed by atoms with Crippen LogP contribution in [0, 0.1) is 34.5 Å². The van der Waals surface area contributed by atoms with E-state index in [1.165, 1.54) is 16.7 Å². The number of hydrogen-bond acceptors (Lipinski definition) is 4. The normalized spacial score (nSPS) is 21.3. The number of nitrogens with zero attached hydrogens (tertiary/aromatic N) is 3. The molecule has 1 N–H and O–H groups in total. The van der Waals surface area contributed by atoms with Crippen molar-refractivity contribution in [2.45, 2.75) is 66.8 Å². The molecule has 0 amide bonds. The molecule has 0 saturated heterocycles. The highest BCUT2D eigenvalue weighted by Crippen LogP contribution is 2.53. The molecule has 1 saturated carbocycles. The number of anilines is 1. The first-order valence-electron chi connectivity index (χ1n) is 13.8. The molecule has 38 heavy (non-hydrogen) atoms. The van der Waals surface area contributed by atoms with Gasteiger partial charge in [-0.15, -0.1) is 0 Å². The zero-order valence-corrected chi connectivity index (χ0v) is 23.4. The maximum atomic E-state index is 12.2. The van der Waals surface area contributed by atoms with Crippen molar-refractivity contribution in [2.24, 2.45) is 23.2 Å². The number of carbonyl (C=O) groups excluding carboxylic acids is 1. The fraction of sp³-hybridized carbons (Fsp3) is 0.424. The molecule has 1 aromatic carbocycles. The summed E-state index contributed by atoms with van der Waals surface area (Å²) in [7, 11) is 0. The summed E-state index contributed by atoms with van der Waals surface area (Å²) in [6.45, 7) is 12.9. The SMILES string of the molecule is CC(=O)C(C)C1CC(C2=CC=C(c3ccc(-c4ccc5cc(C#N)cnn45)cc3NC(C)C)C2)CC1(C)C. The molecular formula is C33H38N4O. The van der Waals surface area contributed by atoms with Crippen molar-refractivity contribution in [3.8, 4) is 17.3 Å². The molecule has 196 valence electrons. The van der Waals surface area contributed by atoms with Gasteiger partial charge >= 0.3 is 0 Å². The second-order valence-electron chi connectivity index (χ2n) is 12.2. The third-order valence-electron chi connectivity index (χ3n) is 8.71. The molecule has 2 aliphatic carbocycles. The molecule has 5 nitrogen and oxygen atoms in total. The van der Waals surface area contributed by atoms with Crippen molar-refractivity contribution < 1.29 is 4.79 Å². The Kier molecular flexibility index (Phi) is 6.77. The molecule has 3 unspecified atom stereocenters. The van der Waals surface area contributed by atoms with Gasteiger partial charge in [-0.1, -0.05) is 50.6 Å². The van der Waals surface area contributed by atoms with E-state index in [0.717, 1.165) is 41.7 Å². The second kappa shape index (κ2) is 9.91. The molecule has 2 heterocycles. The van der Waals surface area contributed by atoms with Crippen molar-refractivity contribution in [2.75, 3.05) is 5.32 Å². The van der Waals surface area contributed by atoms with E-state index in [1.807, 2.05) is 16.6 Å². The van der Waals surface area contributed by atoms with E-state index < -0.39 is 0 Å². The average Bonchev–Trinajstić information content (AvgIpc) is 3.59. The molecule has 0 radical (unpaired) electrons. The first kappa shape index (κ1) is 26.0. The Morgan fingerprint density at radius 1 is 1.16 bits per heavy atom. The molecule has 1 fully saturated rings. The van der Waals surface area contributed by atoms with Gasteiger partial charge in [-0.3, -0.25) is 4.79 Å². The summed E-state index contributed by atoms with van der Waals surface area (Å²) < 4.78 is 1.89. The van der Waals surface area contributed by atoms with Crippen LogP contribution in [0.4, 0.5) is 5.69 Å². The summed E-state index contributed by atoms with van der Waals surface area (Å²) in [5.41, 5.74) is 8.92. The third-order valence-corrected chi connectivity index (χ3v) is 8.71. The summed E-state index contributed by atoms with van der Waals surface area (Å²) >= 11 is 0. The van der Waals surface area contributed by atoms with Crippen LogP contribution in [-0.2, 0) is 4.79 Å². The summed E-state index contributed by atoms with van der Waals surface area (Å²) in [6, 6.07) is 15.0. The maximum absolute atomic E-state index is 12.2. The van der Waals surface area contributed by atoms with Crippen LogP contribution in [0.25, 0.3) is 22.3 Å². The largest absolute Gasteiger partial charge is 0.382 e. The number of benzene rings is 1. The fourth-order valence-corrected chi connectivity index (χ4v) is 6.65. The molecule has 5 rings (SSSR count). The Balaban J connectivity index is 1.40. The molecule has 3 aromatic rings. The molecule has 5 heteroatoms. The first-order chi connectivity index (χ1) is 18.1. The molecule has 2 aliphatic rings. The highest BCUT2D eigenvalue weighted by molar-refractivity contribution is 5.84. The highest BCUT2D eigenvalue weighted by atomic mass is 16.1. The zero-order chi connectivity index (χ0) is 27.2. The number of nitrogens with one attached hydrogen (secondary N) is 1. The van der Waals surface area contributed by atoms with Gasteiger partial charge in [0.1, 0.15) is 11.9 Å². The Hall–Kier alpha value is -3.65. The molecule has 0 aliphatic heterocycles. The van der Waals surface area contributed by atoms with Gasteiger partial charge in [0.25, 0.3) is 0 Å². The Morgan fingerprint density at radius 2 is 1.95 bits per heavy atom. The van der Waals surface area contributed by atoms with E-state index in [4.69, 9.17) is 0 Å². The number of nitriles is 1. The Labute approximate surface area is 226 Å². The molecule has 3 atom stereocenters. The van der Waals surface area contributed by atoms with Gasteiger partial charge in [0.2, 0.25) is 0 Å². The van der Waals surface area contributed by atoms with Crippen molar-refractivity contribution in [3.63, 3.8) is 0 Å². The lowest BCUT2D eigenvalue weighted by atomic mass is 9.74. The van der Waals surface area contributed by atoms with Crippen molar-refractivity contribution in [1.82, 2.24) is 9.61 Å². The van der Waals surface area contributed by atoms with E-state index in [1.54, 1.807) is 13.1 Å². The minimum Gasteiger partial charge on any atom is -0.382 e. The van der Waals surface area contributed by atoms with E-state index in [9.17, 15) is 10.1 Å². The van der Waals surface area contributed by atoms with Crippen molar-refractivity contribution in [1.29, 1.82) is 5.26 Å². The topological polar surface area (TPSA) is 70.2 Å². The van der Waals surface area contributed by atoms with E-state index in [0.29, 0.717) is 29.2 Å². The standard InChI is InChI=1S/C33H38N4O/c1-20(2)36-31-16-26(32-12-10-28-13-23(18-34)19-35-37(28)32)9-11-29(31)25-8-7-24(14-25)27-15-30(21(3)22(4)38)33(5,6)17-27/h7-13,16,19-21,27,30,36H,14-15,17H2,1-6H3. The van der Waals surface area contributed by atoms with E-state index in [-0.39, 0.29) is 11.3 Å². The predicted molar refractivity (Wildman–Crippen MR) is 155 cm³/mol. The summed E-state index contributed by atoms with van der Waals surface area (Å²) in [5, 5.41) is 17.4. The van der Waals surface area contributed by atoms with Gasteiger partial charge in [-0.05, 0) is 87.1 Å². The fourth-order valence-electron chi connectivity index (χ4n) is 6.65. The van der Waals surface area contributed by atoms with Gasteiger partial charge in [-0.2, -0.15) is 10.4 Å². The summed E-state index contributed by atoms with van der Waals surface area (Å²) in [6.07, 6.45) is 9.43. The first-order valence-corrected chi connectivity index (χ1v) is 13.8. The van der Waals surface area contributed by atoms with E-state index in [2.05, 4.69) is 87.5 Å². The number of hydrogen-bond donors (Lipinski definition) is 1. The van der Waals surface area contributed by atoms with Gasteiger partial charge in [0.05, 0.1) is 23.0 Å². The smallest absolute Gasteiger partial charge is 0.132 e. The van der Waals surface area contributed by atoms with Crippen LogP contribution >= 0.6 is 0 Å². The van der Waals surface area contributed by atoms with Gasteiger partial charge in [0, 0.05) is 28.8 Å². The van der Waals surface area contributed by atoms with Gasteiger partial charge in [0.15, 0.2) is 0 Å². The quantitative estimate of drug-likeness (QED) is 0.357. The molecular weight excluding hydrogens is 468 g/mol. The van der Waals surface area contributed by atoms with Crippen LogP contribution in [-0.4, -0.2) is 21.4 Å². The van der Waals surface area contributed by atoms with Crippen molar-refractivity contribution in [3.05, 3.63) is 71.4 Å². The number of aromatic nitrogens is 2. The van der Waals surface area contributed by atoms with Crippen LogP contribution in [0.1, 0.15) is 71.9 Å². The Morgan fingerprint density at radius 3 is 2.66 bits per heavy atom. The van der Waals surface area contributed by atoms with Gasteiger partial charge in [-0.25, -0.2) is 4.52 Å². The minimum atomic E-state index is 0.116.